The van der Waals surface area contributed by atoms with Gasteiger partial charge in [0.05, 0.1) is 16.4 Å². The Labute approximate surface area is 298 Å². The van der Waals surface area contributed by atoms with Crippen LogP contribution in [-0.4, -0.2) is 9.55 Å². The molecule has 1 aromatic heterocycles. The summed E-state index contributed by atoms with van der Waals surface area (Å²) in [5.74, 6) is 0.984. The summed E-state index contributed by atoms with van der Waals surface area (Å²) >= 11 is 0. The van der Waals surface area contributed by atoms with E-state index in [9.17, 15) is 0 Å². The Morgan fingerprint density at radius 1 is 0.451 bits per heavy atom. The van der Waals surface area contributed by atoms with Gasteiger partial charge in [-0.3, -0.25) is 4.57 Å². The van der Waals surface area contributed by atoms with E-state index in [-0.39, 0.29) is 0 Å². The zero-order valence-corrected chi connectivity index (χ0v) is 28.3. The number of nitrogens with zero attached hydrogens (tertiary/aromatic N) is 2. The molecule has 0 saturated heterocycles. The second-order valence-corrected chi connectivity index (χ2v) is 13.6. The molecule has 2 heteroatoms. The molecule has 8 aromatic carbocycles. The molecule has 51 heavy (non-hydrogen) atoms. The molecule has 0 aliphatic heterocycles. The monoisotopic (exact) mass is 650 g/mol. The highest BCUT2D eigenvalue weighted by atomic mass is 15.1. The third-order valence-electron chi connectivity index (χ3n) is 10.8. The summed E-state index contributed by atoms with van der Waals surface area (Å²) in [5, 5.41) is 2.52. The predicted octanol–water partition coefficient (Wildman–Crippen LogP) is 12.2. The number of aromatic nitrogens is 2. The number of aryl methyl sites for hydroxylation is 1. The van der Waals surface area contributed by atoms with E-state index in [1.807, 2.05) is 6.07 Å². The average molecular weight is 651 g/mol. The number of imidazole rings is 1. The van der Waals surface area contributed by atoms with Crippen molar-refractivity contribution in [2.75, 3.05) is 0 Å². The van der Waals surface area contributed by atoms with E-state index in [0.29, 0.717) is 0 Å². The quantitative estimate of drug-likeness (QED) is 0.181. The Balaban J connectivity index is 1.18. The van der Waals surface area contributed by atoms with Crippen LogP contribution < -0.4 is 0 Å². The molecule has 0 fully saturated rings. The topological polar surface area (TPSA) is 17.8 Å². The summed E-state index contributed by atoms with van der Waals surface area (Å²) < 4.78 is 2.24. The molecule has 9 aromatic rings. The molecule has 240 valence electrons. The lowest BCUT2D eigenvalue weighted by molar-refractivity contribution is 0.769. The van der Waals surface area contributed by atoms with Crippen LogP contribution in [0.3, 0.4) is 0 Å². The second kappa shape index (κ2) is 11.5. The first kappa shape index (κ1) is 29.4. The Hall–Kier alpha value is -6.51. The molecule has 1 aliphatic carbocycles. The molecular formula is C49H34N2. The van der Waals surface area contributed by atoms with E-state index in [1.165, 1.54) is 66.4 Å². The van der Waals surface area contributed by atoms with Gasteiger partial charge < -0.3 is 0 Å². The van der Waals surface area contributed by atoms with Gasteiger partial charge in [-0.25, -0.2) is 4.98 Å². The van der Waals surface area contributed by atoms with Crippen LogP contribution >= 0.6 is 0 Å². The van der Waals surface area contributed by atoms with Gasteiger partial charge in [0.2, 0.25) is 0 Å². The summed E-state index contributed by atoms with van der Waals surface area (Å²) in [7, 11) is 0. The molecule has 1 heterocycles. The van der Waals surface area contributed by atoms with E-state index in [1.54, 1.807) is 0 Å². The zero-order chi connectivity index (χ0) is 33.9. The highest BCUT2D eigenvalue weighted by Gasteiger charge is 2.46. The normalized spacial score (nSPS) is 13.0. The number of fused-ring (bicyclic) bond motifs is 5. The van der Waals surface area contributed by atoms with Crippen LogP contribution in [0, 0.1) is 6.92 Å². The maximum absolute atomic E-state index is 4.81. The molecule has 0 N–H and O–H groups in total. The predicted molar refractivity (Wildman–Crippen MR) is 211 cm³/mol. The lowest BCUT2D eigenvalue weighted by Gasteiger charge is -2.34. The highest BCUT2D eigenvalue weighted by molar-refractivity contribution is 5.98. The van der Waals surface area contributed by atoms with Gasteiger partial charge in [0.25, 0.3) is 0 Å². The molecule has 0 radical (unpaired) electrons. The lowest BCUT2D eigenvalue weighted by atomic mass is 9.67. The van der Waals surface area contributed by atoms with Crippen molar-refractivity contribution in [3.05, 3.63) is 216 Å². The summed E-state index contributed by atoms with van der Waals surface area (Å²) in [6.45, 7) is 2.07. The minimum Gasteiger partial charge on any atom is -0.297 e. The van der Waals surface area contributed by atoms with Gasteiger partial charge in [-0.2, -0.15) is 0 Å². The van der Waals surface area contributed by atoms with Gasteiger partial charge in [0.15, 0.2) is 0 Å². The number of hydrogen-bond acceptors (Lipinski definition) is 1. The Morgan fingerprint density at radius 3 is 1.75 bits per heavy atom. The van der Waals surface area contributed by atoms with Crippen molar-refractivity contribution in [1.82, 2.24) is 9.55 Å². The van der Waals surface area contributed by atoms with Gasteiger partial charge in [-0.15, -0.1) is 0 Å². The van der Waals surface area contributed by atoms with Gasteiger partial charge >= 0.3 is 0 Å². The fourth-order valence-corrected chi connectivity index (χ4v) is 8.59. The summed E-state index contributed by atoms with van der Waals surface area (Å²) in [4.78, 5) is 4.81. The SMILES string of the molecule is Cc1nc2ccccc2n1-c1ccc(-c2ccc3c(c2)C(c2ccccc2)(c2ccccc2)c2cc(-c4cccc5ccccc45)ccc2-3)cc1. The zero-order valence-electron chi connectivity index (χ0n) is 28.3. The van der Waals surface area contributed by atoms with Crippen molar-refractivity contribution in [3.63, 3.8) is 0 Å². The fraction of sp³-hybridized carbons (Fsp3) is 0.0408. The molecule has 0 atom stereocenters. The Kier molecular flexibility index (Phi) is 6.65. The van der Waals surface area contributed by atoms with Crippen molar-refractivity contribution < 1.29 is 0 Å². The first-order valence-electron chi connectivity index (χ1n) is 17.6. The van der Waals surface area contributed by atoms with E-state index < -0.39 is 5.41 Å². The number of rotatable bonds is 5. The largest absolute Gasteiger partial charge is 0.297 e. The van der Waals surface area contributed by atoms with Gasteiger partial charge in [-0.05, 0) is 110 Å². The van der Waals surface area contributed by atoms with E-state index >= 15 is 0 Å². The van der Waals surface area contributed by atoms with Crippen LogP contribution in [0.5, 0.6) is 0 Å². The van der Waals surface area contributed by atoms with Crippen molar-refractivity contribution in [2.24, 2.45) is 0 Å². The third-order valence-corrected chi connectivity index (χ3v) is 10.8. The molecule has 0 spiro atoms. The maximum atomic E-state index is 4.81. The van der Waals surface area contributed by atoms with E-state index in [0.717, 1.165) is 22.5 Å². The van der Waals surface area contributed by atoms with Crippen molar-refractivity contribution >= 4 is 21.8 Å². The summed E-state index contributed by atoms with van der Waals surface area (Å²) in [6.07, 6.45) is 0. The lowest BCUT2D eigenvalue weighted by Crippen LogP contribution is -2.28. The standard InChI is InChI=1S/C49H34N2/c1-33-50-47-21-10-11-22-48(47)51(33)40-27-23-34(24-28-40)36-25-29-43-44-30-26-37(42-20-12-14-35-13-8-9-19-41(35)42)32-46(44)49(45(43)31-36,38-15-4-2-5-16-38)39-17-6-3-7-18-39/h2-32H,1H3. The molecule has 10 rings (SSSR count). The minimum atomic E-state index is -0.503. The second-order valence-electron chi connectivity index (χ2n) is 13.6. The first-order valence-corrected chi connectivity index (χ1v) is 17.6. The molecule has 1 aliphatic rings. The summed E-state index contributed by atoms with van der Waals surface area (Å²) in [5.41, 5.74) is 15.3. The van der Waals surface area contributed by atoms with Crippen LogP contribution in [0.4, 0.5) is 0 Å². The Morgan fingerprint density at radius 2 is 1.02 bits per heavy atom. The van der Waals surface area contributed by atoms with Crippen LogP contribution in [0.1, 0.15) is 28.1 Å². The molecule has 2 nitrogen and oxygen atoms in total. The number of hydrogen-bond donors (Lipinski definition) is 0. The molecule has 0 bridgehead atoms. The molecule has 0 unspecified atom stereocenters. The highest BCUT2D eigenvalue weighted by Crippen LogP contribution is 2.57. The van der Waals surface area contributed by atoms with Crippen LogP contribution in [0.25, 0.3) is 60.9 Å². The van der Waals surface area contributed by atoms with E-state index in [2.05, 4.69) is 193 Å². The van der Waals surface area contributed by atoms with Crippen molar-refractivity contribution in [3.8, 4) is 39.1 Å². The van der Waals surface area contributed by atoms with E-state index in [4.69, 9.17) is 4.98 Å². The minimum absolute atomic E-state index is 0.503. The van der Waals surface area contributed by atoms with Gasteiger partial charge in [-0.1, -0.05) is 152 Å². The van der Waals surface area contributed by atoms with Crippen LogP contribution in [-0.2, 0) is 5.41 Å². The smallest absolute Gasteiger partial charge is 0.111 e. The van der Waals surface area contributed by atoms with Gasteiger partial charge in [0.1, 0.15) is 5.82 Å². The van der Waals surface area contributed by atoms with Crippen molar-refractivity contribution in [1.29, 1.82) is 0 Å². The third kappa shape index (κ3) is 4.46. The van der Waals surface area contributed by atoms with Gasteiger partial charge in [0, 0.05) is 5.69 Å². The maximum Gasteiger partial charge on any atom is 0.111 e. The number of benzene rings is 8. The molecular weight excluding hydrogens is 617 g/mol. The average Bonchev–Trinajstić information content (AvgIpc) is 3.69. The first-order chi connectivity index (χ1) is 25.2. The molecule has 0 amide bonds. The fourth-order valence-electron chi connectivity index (χ4n) is 8.59. The Bertz CT molecular complexity index is 2690. The van der Waals surface area contributed by atoms with Crippen molar-refractivity contribution in [2.45, 2.75) is 12.3 Å². The summed E-state index contributed by atoms with van der Waals surface area (Å²) in [6, 6.07) is 69.0. The molecule has 0 saturated carbocycles. The number of para-hydroxylation sites is 2. The van der Waals surface area contributed by atoms with Crippen LogP contribution in [0.15, 0.2) is 188 Å². The van der Waals surface area contributed by atoms with Crippen LogP contribution in [0.2, 0.25) is 0 Å².